The van der Waals surface area contributed by atoms with Gasteiger partial charge in [0.25, 0.3) is 0 Å². The number of rotatable bonds is 12. The number of carbonyl (C=O) groups excluding carboxylic acids is 3. The number of amides is 2. The second-order valence-corrected chi connectivity index (χ2v) is 8.84. The van der Waals surface area contributed by atoms with Crippen LogP contribution in [0, 0.1) is 0 Å². The van der Waals surface area contributed by atoms with Gasteiger partial charge in [-0.2, -0.15) is 0 Å². The molecule has 0 bridgehead atoms. The van der Waals surface area contributed by atoms with Crippen molar-refractivity contribution in [1.82, 2.24) is 10.6 Å². The highest BCUT2D eigenvalue weighted by Crippen LogP contribution is 2.44. The van der Waals surface area contributed by atoms with Crippen molar-refractivity contribution in [3.8, 4) is 11.1 Å². The van der Waals surface area contributed by atoms with Gasteiger partial charge in [0, 0.05) is 12.5 Å². The first-order valence-electron chi connectivity index (χ1n) is 12.4. The third-order valence-corrected chi connectivity index (χ3v) is 6.28. The van der Waals surface area contributed by atoms with Gasteiger partial charge < -0.3 is 31.6 Å². The molecule has 10 heteroatoms. The van der Waals surface area contributed by atoms with E-state index in [4.69, 9.17) is 20.9 Å². The maximum atomic E-state index is 13.0. The summed E-state index contributed by atoms with van der Waals surface area (Å²) in [6, 6.07) is 14.3. The second kappa shape index (κ2) is 13.3. The summed E-state index contributed by atoms with van der Waals surface area (Å²) in [6.45, 7) is 2.29. The van der Waals surface area contributed by atoms with Gasteiger partial charge in [-0.15, -0.1) is 0 Å². The minimum Gasteiger partial charge on any atom is -0.467 e. The SMILES string of the molecule is CCC[C@H](NC(=O)[C@H](CCCN=C(N)N)NC(=O)OCC1c2ccccc2-c2ccccc21)C(=O)OC. The second-order valence-electron chi connectivity index (χ2n) is 8.84. The van der Waals surface area contributed by atoms with Gasteiger partial charge >= 0.3 is 12.1 Å². The molecule has 0 saturated heterocycles. The topological polar surface area (TPSA) is 158 Å². The summed E-state index contributed by atoms with van der Waals surface area (Å²) in [5, 5.41) is 5.32. The Morgan fingerprint density at radius 1 is 0.946 bits per heavy atom. The standard InChI is InChI=1S/C27H35N5O5/c1-3-9-23(25(34)36-2)31-24(33)22(14-8-15-30-26(28)29)32-27(35)37-16-21-19-12-6-4-10-17(19)18-11-5-7-13-20(18)21/h4-7,10-13,21-23H,3,8-9,14-16H2,1-2H3,(H,31,33)(H,32,35)(H4,28,29,30)/t22-,23-/m0/s1. The van der Waals surface area contributed by atoms with Crippen molar-refractivity contribution in [1.29, 1.82) is 0 Å². The van der Waals surface area contributed by atoms with Gasteiger partial charge in [0.1, 0.15) is 18.7 Å². The number of benzene rings is 2. The highest BCUT2D eigenvalue weighted by atomic mass is 16.5. The van der Waals surface area contributed by atoms with Crippen LogP contribution in [0.2, 0.25) is 0 Å². The average molecular weight is 510 g/mol. The fraction of sp³-hybridized carbons (Fsp3) is 0.407. The number of esters is 1. The van der Waals surface area contributed by atoms with Crippen molar-refractivity contribution < 1.29 is 23.9 Å². The molecule has 0 unspecified atom stereocenters. The van der Waals surface area contributed by atoms with Gasteiger partial charge in [-0.3, -0.25) is 9.79 Å². The quantitative estimate of drug-likeness (QED) is 0.148. The maximum Gasteiger partial charge on any atom is 0.407 e. The minimum atomic E-state index is -0.950. The first-order chi connectivity index (χ1) is 17.8. The fourth-order valence-electron chi connectivity index (χ4n) is 4.51. The van der Waals surface area contributed by atoms with Crippen LogP contribution in [-0.2, 0) is 19.1 Å². The van der Waals surface area contributed by atoms with E-state index >= 15 is 0 Å². The number of methoxy groups -OCH3 is 1. The predicted molar refractivity (Wildman–Crippen MR) is 141 cm³/mol. The molecule has 0 spiro atoms. The number of alkyl carbamates (subject to hydrolysis) is 1. The van der Waals surface area contributed by atoms with Crippen LogP contribution in [0.1, 0.15) is 49.7 Å². The van der Waals surface area contributed by atoms with E-state index in [2.05, 4.69) is 27.8 Å². The molecule has 198 valence electrons. The molecule has 2 atom stereocenters. The molecule has 3 rings (SSSR count). The minimum absolute atomic E-state index is 0.0563. The first kappa shape index (κ1) is 27.5. The zero-order chi connectivity index (χ0) is 26.8. The summed E-state index contributed by atoms with van der Waals surface area (Å²) in [5.74, 6) is -1.22. The molecule has 2 aromatic rings. The average Bonchev–Trinajstić information content (AvgIpc) is 3.22. The summed E-state index contributed by atoms with van der Waals surface area (Å²) in [7, 11) is 1.26. The number of carbonyl (C=O) groups is 3. The number of aliphatic imine (C=N–C) groups is 1. The van der Waals surface area contributed by atoms with E-state index in [-0.39, 0.29) is 31.4 Å². The van der Waals surface area contributed by atoms with Gasteiger partial charge in [-0.25, -0.2) is 9.59 Å². The maximum absolute atomic E-state index is 13.0. The number of ether oxygens (including phenoxy) is 2. The van der Waals surface area contributed by atoms with Gasteiger partial charge in [-0.1, -0.05) is 61.9 Å². The fourth-order valence-corrected chi connectivity index (χ4v) is 4.51. The van der Waals surface area contributed by atoms with Crippen LogP contribution in [0.15, 0.2) is 53.5 Å². The Kier molecular flexibility index (Phi) is 9.88. The summed E-state index contributed by atoms with van der Waals surface area (Å²) >= 11 is 0. The summed E-state index contributed by atoms with van der Waals surface area (Å²) < 4.78 is 10.4. The molecule has 0 fully saturated rings. The van der Waals surface area contributed by atoms with E-state index < -0.39 is 30.1 Å². The molecule has 1 aliphatic rings. The van der Waals surface area contributed by atoms with Crippen molar-refractivity contribution in [3.63, 3.8) is 0 Å². The van der Waals surface area contributed by atoms with E-state index in [0.717, 1.165) is 22.3 Å². The van der Waals surface area contributed by atoms with E-state index in [1.54, 1.807) is 0 Å². The molecule has 6 N–H and O–H groups in total. The molecule has 0 heterocycles. The Labute approximate surface area is 216 Å². The Morgan fingerprint density at radius 3 is 2.14 bits per heavy atom. The highest BCUT2D eigenvalue weighted by Gasteiger charge is 2.30. The van der Waals surface area contributed by atoms with Crippen molar-refractivity contribution in [2.75, 3.05) is 20.3 Å². The summed E-state index contributed by atoms with van der Waals surface area (Å²) in [6.07, 6.45) is 1.01. The number of hydrogen-bond acceptors (Lipinski definition) is 6. The molecule has 2 amide bonds. The van der Waals surface area contributed by atoms with Crippen molar-refractivity contribution in [3.05, 3.63) is 59.7 Å². The van der Waals surface area contributed by atoms with Crippen molar-refractivity contribution in [2.45, 2.75) is 50.6 Å². The smallest absolute Gasteiger partial charge is 0.407 e. The molecule has 37 heavy (non-hydrogen) atoms. The highest BCUT2D eigenvalue weighted by molar-refractivity contribution is 5.89. The van der Waals surface area contributed by atoms with E-state index in [1.165, 1.54) is 7.11 Å². The van der Waals surface area contributed by atoms with Crippen LogP contribution in [0.4, 0.5) is 4.79 Å². The molecular weight excluding hydrogens is 474 g/mol. The molecular formula is C27H35N5O5. The third-order valence-electron chi connectivity index (χ3n) is 6.28. The zero-order valence-electron chi connectivity index (χ0n) is 21.2. The molecule has 10 nitrogen and oxygen atoms in total. The molecule has 0 aliphatic heterocycles. The monoisotopic (exact) mass is 509 g/mol. The molecule has 0 radical (unpaired) electrons. The predicted octanol–water partition coefficient (Wildman–Crippen LogP) is 2.41. The Hall–Kier alpha value is -4.08. The molecule has 1 aliphatic carbocycles. The molecule has 2 aromatic carbocycles. The lowest BCUT2D eigenvalue weighted by Crippen LogP contribution is -2.52. The normalized spacial score (nSPS) is 13.5. The number of nitrogens with one attached hydrogen (secondary N) is 2. The molecule has 0 saturated carbocycles. The summed E-state index contributed by atoms with van der Waals surface area (Å²) in [4.78, 5) is 41.8. The van der Waals surface area contributed by atoms with Crippen molar-refractivity contribution >= 4 is 23.9 Å². The molecule has 0 aromatic heterocycles. The van der Waals surface area contributed by atoms with Crippen LogP contribution < -0.4 is 22.1 Å². The number of nitrogens with two attached hydrogens (primary N) is 2. The van der Waals surface area contributed by atoms with Gasteiger partial charge in [0.2, 0.25) is 5.91 Å². The van der Waals surface area contributed by atoms with E-state index in [1.807, 2.05) is 43.3 Å². The lowest BCUT2D eigenvalue weighted by Gasteiger charge is -2.22. The van der Waals surface area contributed by atoms with E-state index in [0.29, 0.717) is 19.3 Å². The van der Waals surface area contributed by atoms with E-state index in [9.17, 15) is 14.4 Å². The number of hydrogen-bond donors (Lipinski definition) is 4. The van der Waals surface area contributed by atoms with Crippen LogP contribution in [0.3, 0.4) is 0 Å². The Bertz CT molecular complexity index is 1090. The zero-order valence-corrected chi connectivity index (χ0v) is 21.2. The largest absolute Gasteiger partial charge is 0.467 e. The number of fused-ring (bicyclic) bond motifs is 3. The van der Waals surface area contributed by atoms with Gasteiger partial charge in [0.05, 0.1) is 7.11 Å². The first-order valence-corrected chi connectivity index (χ1v) is 12.4. The Morgan fingerprint density at radius 2 is 1.57 bits per heavy atom. The summed E-state index contributed by atoms with van der Waals surface area (Å²) in [5.41, 5.74) is 15.2. The third kappa shape index (κ3) is 7.22. The van der Waals surface area contributed by atoms with Crippen LogP contribution in [-0.4, -0.2) is 56.3 Å². The van der Waals surface area contributed by atoms with Crippen LogP contribution in [0.25, 0.3) is 11.1 Å². The lowest BCUT2D eigenvalue weighted by molar-refractivity contribution is -0.145. The lowest BCUT2D eigenvalue weighted by atomic mass is 9.98. The number of nitrogens with zero attached hydrogens (tertiary/aromatic N) is 1. The van der Waals surface area contributed by atoms with Crippen LogP contribution >= 0.6 is 0 Å². The van der Waals surface area contributed by atoms with Gasteiger partial charge in [-0.05, 0) is 41.5 Å². The number of guanidine groups is 1. The Balaban J connectivity index is 1.67. The van der Waals surface area contributed by atoms with Gasteiger partial charge in [0.15, 0.2) is 5.96 Å². The van der Waals surface area contributed by atoms with Crippen LogP contribution in [0.5, 0.6) is 0 Å². The van der Waals surface area contributed by atoms with Crippen molar-refractivity contribution in [2.24, 2.45) is 16.5 Å².